The van der Waals surface area contributed by atoms with E-state index < -0.39 is 5.97 Å². The Morgan fingerprint density at radius 2 is 2.00 bits per heavy atom. The van der Waals surface area contributed by atoms with Gasteiger partial charge in [-0.1, -0.05) is 11.6 Å². The molecule has 0 unspecified atom stereocenters. The summed E-state index contributed by atoms with van der Waals surface area (Å²) < 4.78 is 0. The first-order chi connectivity index (χ1) is 11.5. The average molecular weight is 322 g/mol. The Balaban J connectivity index is 1.99. The maximum absolute atomic E-state index is 12.6. The van der Waals surface area contributed by atoms with Gasteiger partial charge in [-0.3, -0.25) is 4.79 Å². The van der Waals surface area contributed by atoms with Crippen LogP contribution in [0.2, 0.25) is 0 Å². The second kappa shape index (κ2) is 5.09. The molecule has 1 aliphatic carbocycles. The number of carbonyl (C=O) groups excluding carboxylic acids is 1. The molecule has 2 heterocycles. The fourth-order valence-electron chi connectivity index (χ4n) is 3.87. The van der Waals surface area contributed by atoms with Gasteiger partial charge in [0.05, 0.1) is 11.1 Å². The van der Waals surface area contributed by atoms with Crippen molar-refractivity contribution in [1.82, 2.24) is 4.98 Å². The molecule has 1 aromatic carbocycles. The van der Waals surface area contributed by atoms with Gasteiger partial charge in [-0.25, -0.2) is 4.79 Å². The number of anilines is 1. The Kier molecular flexibility index (Phi) is 3.13. The lowest BCUT2D eigenvalue weighted by molar-refractivity contribution is -0.110. The minimum atomic E-state index is -0.914. The van der Waals surface area contributed by atoms with Crippen molar-refractivity contribution in [3.05, 3.63) is 51.8 Å². The Bertz CT molecular complexity index is 934. The second-order valence-corrected chi connectivity index (χ2v) is 6.49. The molecule has 2 aliphatic rings. The zero-order valence-electron chi connectivity index (χ0n) is 13.6. The van der Waals surface area contributed by atoms with Gasteiger partial charge in [0.25, 0.3) is 5.91 Å². The van der Waals surface area contributed by atoms with Crippen molar-refractivity contribution in [2.45, 2.75) is 33.1 Å². The highest BCUT2D eigenvalue weighted by molar-refractivity contribution is 6.37. The highest BCUT2D eigenvalue weighted by Gasteiger charge is 2.32. The van der Waals surface area contributed by atoms with Crippen LogP contribution in [0, 0.1) is 13.8 Å². The van der Waals surface area contributed by atoms with Gasteiger partial charge in [0.1, 0.15) is 0 Å². The number of aromatic nitrogens is 1. The molecular weight excluding hydrogens is 304 g/mol. The molecule has 0 bridgehead atoms. The van der Waals surface area contributed by atoms with E-state index in [-0.39, 0.29) is 5.91 Å². The Hall–Kier alpha value is -2.82. The standard InChI is InChI=1S/C19H18N2O3/c1-9-6-7-14-13(8-9)16(18(22)21-14)12-5-3-4-11-15(19(23)24)10(2)20-17(11)12/h6-8,20H,3-5H2,1-2H3,(H,21,22)(H,23,24)/b16-12-. The second-order valence-electron chi connectivity index (χ2n) is 6.49. The third-order valence-electron chi connectivity index (χ3n) is 4.88. The largest absolute Gasteiger partial charge is 0.478 e. The zero-order chi connectivity index (χ0) is 17.0. The van der Waals surface area contributed by atoms with E-state index in [1.807, 2.05) is 25.1 Å². The fourth-order valence-corrected chi connectivity index (χ4v) is 3.87. The highest BCUT2D eigenvalue weighted by atomic mass is 16.4. The molecule has 3 N–H and O–H groups in total. The third kappa shape index (κ3) is 2.01. The van der Waals surface area contributed by atoms with Gasteiger partial charge in [-0.2, -0.15) is 0 Å². The van der Waals surface area contributed by atoms with E-state index in [1.54, 1.807) is 6.92 Å². The Morgan fingerprint density at radius 3 is 2.75 bits per heavy atom. The van der Waals surface area contributed by atoms with Crippen molar-refractivity contribution in [2.24, 2.45) is 0 Å². The number of rotatable bonds is 1. The fraction of sp³-hybridized carbons (Fsp3) is 0.263. The van der Waals surface area contributed by atoms with Gasteiger partial charge >= 0.3 is 5.97 Å². The minimum absolute atomic E-state index is 0.109. The molecule has 0 saturated heterocycles. The maximum Gasteiger partial charge on any atom is 0.337 e. The number of amides is 1. The molecule has 0 fully saturated rings. The van der Waals surface area contributed by atoms with Crippen molar-refractivity contribution >= 4 is 28.7 Å². The predicted molar refractivity (Wildman–Crippen MR) is 92.0 cm³/mol. The van der Waals surface area contributed by atoms with E-state index in [2.05, 4.69) is 10.3 Å². The van der Waals surface area contributed by atoms with E-state index in [0.29, 0.717) is 16.8 Å². The zero-order valence-corrected chi connectivity index (χ0v) is 13.6. The van der Waals surface area contributed by atoms with Crippen LogP contribution in [0.4, 0.5) is 5.69 Å². The predicted octanol–water partition coefficient (Wildman–Crippen LogP) is 3.53. The van der Waals surface area contributed by atoms with Gasteiger partial charge in [0, 0.05) is 22.6 Å². The minimum Gasteiger partial charge on any atom is -0.478 e. The SMILES string of the molecule is Cc1ccc2c(c1)/C(=C1\CCCc3c1[nH]c(C)c3C(=O)O)C(=O)N2. The summed E-state index contributed by atoms with van der Waals surface area (Å²) in [4.78, 5) is 27.4. The lowest BCUT2D eigenvalue weighted by atomic mass is 9.86. The van der Waals surface area contributed by atoms with Gasteiger partial charge in [0.15, 0.2) is 0 Å². The molecule has 5 heteroatoms. The van der Waals surface area contributed by atoms with E-state index in [1.165, 1.54) is 0 Å². The van der Waals surface area contributed by atoms with E-state index in [0.717, 1.165) is 52.9 Å². The molecule has 0 radical (unpaired) electrons. The van der Waals surface area contributed by atoms with Gasteiger partial charge < -0.3 is 15.4 Å². The first-order valence-electron chi connectivity index (χ1n) is 8.08. The molecule has 122 valence electrons. The molecule has 0 spiro atoms. The topological polar surface area (TPSA) is 82.2 Å². The average Bonchev–Trinajstić information content (AvgIpc) is 3.02. The van der Waals surface area contributed by atoms with Crippen molar-refractivity contribution in [1.29, 1.82) is 0 Å². The van der Waals surface area contributed by atoms with Crippen molar-refractivity contribution in [3.8, 4) is 0 Å². The molecular formula is C19H18N2O3. The molecule has 0 saturated carbocycles. The number of benzene rings is 1. The molecule has 1 amide bonds. The summed E-state index contributed by atoms with van der Waals surface area (Å²) in [6.07, 6.45) is 2.33. The van der Waals surface area contributed by atoms with Crippen LogP contribution < -0.4 is 5.32 Å². The summed E-state index contributed by atoms with van der Waals surface area (Å²) in [7, 11) is 0. The molecule has 1 aliphatic heterocycles. The Labute approximate surface area is 139 Å². The van der Waals surface area contributed by atoms with E-state index >= 15 is 0 Å². The number of carboxylic acid groups (broad SMARTS) is 1. The first kappa shape index (κ1) is 14.8. The summed E-state index contributed by atoms with van der Waals surface area (Å²) >= 11 is 0. The monoisotopic (exact) mass is 322 g/mol. The molecule has 4 rings (SSSR count). The van der Waals surface area contributed by atoms with Gasteiger partial charge in [-0.05, 0) is 56.4 Å². The summed E-state index contributed by atoms with van der Waals surface area (Å²) in [5, 5.41) is 12.4. The molecule has 5 nitrogen and oxygen atoms in total. The maximum atomic E-state index is 12.6. The number of fused-ring (bicyclic) bond motifs is 2. The quantitative estimate of drug-likeness (QED) is 0.702. The van der Waals surface area contributed by atoms with E-state index in [9.17, 15) is 14.7 Å². The number of carbonyl (C=O) groups is 2. The number of H-pyrrole nitrogens is 1. The van der Waals surface area contributed by atoms with Crippen LogP contribution in [0.25, 0.3) is 11.1 Å². The van der Waals surface area contributed by atoms with Crippen molar-refractivity contribution < 1.29 is 14.7 Å². The smallest absolute Gasteiger partial charge is 0.337 e. The number of carboxylic acids is 1. The van der Waals surface area contributed by atoms with Crippen LogP contribution in [-0.4, -0.2) is 22.0 Å². The normalized spacial score (nSPS) is 19.0. The van der Waals surface area contributed by atoms with Gasteiger partial charge in [0.2, 0.25) is 0 Å². The number of aryl methyl sites for hydroxylation is 2. The number of allylic oxidation sites excluding steroid dienone is 1. The first-order valence-corrected chi connectivity index (χ1v) is 8.08. The number of hydrogen-bond acceptors (Lipinski definition) is 2. The Morgan fingerprint density at radius 1 is 1.21 bits per heavy atom. The summed E-state index contributed by atoms with van der Waals surface area (Å²) in [6.45, 7) is 3.77. The van der Waals surface area contributed by atoms with Crippen LogP contribution in [0.1, 0.15) is 51.3 Å². The lowest BCUT2D eigenvalue weighted by Gasteiger charge is -2.18. The molecule has 2 aromatic rings. The number of nitrogens with one attached hydrogen (secondary N) is 2. The third-order valence-corrected chi connectivity index (χ3v) is 4.88. The highest BCUT2D eigenvalue weighted by Crippen LogP contribution is 2.43. The van der Waals surface area contributed by atoms with Gasteiger partial charge in [-0.15, -0.1) is 0 Å². The summed E-state index contributed by atoms with van der Waals surface area (Å²) in [6, 6.07) is 5.90. The number of hydrogen-bond donors (Lipinski definition) is 3. The van der Waals surface area contributed by atoms with Crippen LogP contribution >= 0.6 is 0 Å². The summed E-state index contributed by atoms with van der Waals surface area (Å²) in [5.74, 6) is -1.02. The molecule has 24 heavy (non-hydrogen) atoms. The van der Waals surface area contributed by atoms with Crippen LogP contribution in [0.3, 0.4) is 0 Å². The molecule has 1 aromatic heterocycles. The van der Waals surface area contributed by atoms with Crippen molar-refractivity contribution in [2.75, 3.05) is 5.32 Å². The molecule has 0 atom stereocenters. The summed E-state index contributed by atoms with van der Waals surface area (Å²) in [5.41, 5.74) is 7.06. The lowest BCUT2D eigenvalue weighted by Crippen LogP contribution is -2.10. The number of aromatic carboxylic acids is 1. The van der Waals surface area contributed by atoms with Crippen molar-refractivity contribution in [3.63, 3.8) is 0 Å². The van der Waals surface area contributed by atoms with Crippen LogP contribution in [0.5, 0.6) is 0 Å². The van der Waals surface area contributed by atoms with E-state index in [4.69, 9.17) is 0 Å². The van der Waals surface area contributed by atoms with Crippen LogP contribution in [0.15, 0.2) is 18.2 Å². The van der Waals surface area contributed by atoms with Crippen LogP contribution in [-0.2, 0) is 11.2 Å². The number of aromatic amines is 1.